The van der Waals surface area contributed by atoms with E-state index in [0.29, 0.717) is 0 Å². The molecular weight excluding hydrogens is 1600 g/mol. The molecule has 12 nitrogen and oxygen atoms in total. The number of benzene rings is 14. The maximum Gasteiger partial charge on any atom is 0.145 e. The molecule has 12 heteroatoms. The van der Waals surface area contributed by atoms with Gasteiger partial charge in [-0.05, 0) is 178 Å². The summed E-state index contributed by atoms with van der Waals surface area (Å²) in [5.41, 5.74) is 36.0. The molecule has 614 valence electrons. The molecule has 14 aromatic carbocycles. The molecule has 26 rings (SSSR count). The van der Waals surface area contributed by atoms with Crippen molar-refractivity contribution in [2.45, 2.75) is 13.8 Å². The highest BCUT2D eigenvalue weighted by atomic mass is 16.3. The standard InChI is InChI=1S/C43H29N3O.C41H25N3O.C35H21N3O/c1-26-9-13-28(14-10-26)31-20-32(29-15-11-27(2)12-16-29)22-33(21-31)41-37-18-17-36-35-7-3-4-8-39(35)47-43(36)40(37)42-38(46-41)23-34(25-45-42)30-6-5-19-44-24-30;1-2-6-26(7-3-1)27-10-12-28(13-11-27)29-14-16-31(17-15-29)39-35-19-18-34-33-8-4-5-9-37(33)45-41(34)38(35)40-36(44-39)24-32(25-43-40)30-20-22-42-23-21-30;1-2-7-24(8-3-1)33-29-17-16-28-27-10-4-5-11-31(27)39-35(28)32(29)34-30(38-33)19-26(21-37-34)23-14-12-22(13-15-23)25-9-6-18-36-20-25/h3-25H,1-2H3;1-25H;1-21H. The van der Waals surface area contributed by atoms with Crippen molar-refractivity contribution in [1.29, 1.82) is 0 Å². The lowest BCUT2D eigenvalue weighted by Crippen LogP contribution is -1.94. The Balaban J connectivity index is 0.000000109. The average Bonchev–Trinajstić information content (AvgIpc) is 1.68. The van der Waals surface area contributed by atoms with Gasteiger partial charge in [0.15, 0.2) is 0 Å². The fraction of sp³-hybridized carbons (Fsp3) is 0.0168. The molecule has 0 N–H and O–H groups in total. The van der Waals surface area contributed by atoms with Crippen LogP contribution in [0.25, 0.3) is 254 Å². The van der Waals surface area contributed by atoms with Crippen molar-refractivity contribution >= 4 is 131 Å². The molecule has 0 amide bonds. The number of para-hydroxylation sites is 3. The SMILES string of the molecule is Cc1ccc(-c2cc(-c3ccc(C)cc3)cc(-c3nc4cc(-c5cccnc5)cnc4c4c3ccc3c5ccccc5oc34)c2)cc1.c1ccc(-c2ccc(-c3ccc(-c4nc5cc(-c6ccncc6)cnc5c5c4ccc4c6ccccc6oc45)cc3)cc2)cc1.c1ccc(-c2nc3cc(-c4ccc(-c5cccnc5)cc4)cnc3c3c2ccc2c4ccccc4oc23)cc1. The molecule has 0 fully saturated rings. The summed E-state index contributed by atoms with van der Waals surface area (Å²) >= 11 is 0. The molecule has 0 radical (unpaired) electrons. The van der Waals surface area contributed by atoms with Gasteiger partial charge < -0.3 is 13.3 Å². The third-order valence-corrected chi connectivity index (χ3v) is 25.1. The summed E-state index contributed by atoms with van der Waals surface area (Å²) in [4.78, 5) is 43.6. The molecule has 0 aliphatic rings. The monoisotopic (exact) mass is 1680 g/mol. The lowest BCUT2D eigenvalue weighted by molar-refractivity contribution is 0.672. The maximum atomic E-state index is 6.61. The van der Waals surface area contributed by atoms with Crippen LogP contribution < -0.4 is 0 Å². The van der Waals surface area contributed by atoms with Gasteiger partial charge in [-0.25, -0.2) is 15.0 Å². The summed E-state index contributed by atoms with van der Waals surface area (Å²) in [7, 11) is 0. The number of nitrogens with zero attached hydrogens (tertiary/aromatic N) is 9. The number of furan rings is 3. The van der Waals surface area contributed by atoms with Gasteiger partial charge in [-0.1, -0.05) is 278 Å². The Kier molecular flexibility index (Phi) is 19.1. The molecule has 12 heterocycles. The summed E-state index contributed by atoms with van der Waals surface area (Å²) in [6.07, 6.45) is 16.7. The Bertz CT molecular complexity index is 8860. The lowest BCUT2D eigenvalue weighted by atomic mass is 9.92. The second-order valence-corrected chi connectivity index (χ2v) is 33.3. The van der Waals surface area contributed by atoms with Gasteiger partial charge >= 0.3 is 0 Å². The van der Waals surface area contributed by atoms with Crippen LogP contribution in [0.3, 0.4) is 0 Å². The van der Waals surface area contributed by atoms with E-state index < -0.39 is 0 Å². The van der Waals surface area contributed by atoms with E-state index in [0.717, 1.165) is 237 Å². The van der Waals surface area contributed by atoms with Crippen LogP contribution in [0.2, 0.25) is 0 Å². The number of fused-ring (bicyclic) bond motifs is 21. The molecule has 0 bridgehead atoms. The van der Waals surface area contributed by atoms with Crippen molar-refractivity contribution in [3.63, 3.8) is 0 Å². The van der Waals surface area contributed by atoms with Crippen LogP contribution >= 0.6 is 0 Å². The third-order valence-electron chi connectivity index (χ3n) is 25.1. The number of hydrogen-bond acceptors (Lipinski definition) is 12. The molecule has 0 spiro atoms. The van der Waals surface area contributed by atoms with Crippen molar-refractivity contribution in [3.05, 3.63) is 431 Å². The first-order valence-electron chi connectivity index (χ1n) is 43.8. The zero-order valence-electron chi connectivity index (χ0n) is 71.1. The first-order chi connectivity index (χ1) is 64.7. The van der Waals surface area contributed by atoms with E-state index in [-0.39, 0.29) is 0 Å². The zero-order chi connectivity index (χ0) is 87.0. The second kappa shape index (κ2) is 32.4. The molecule has 131 heavy (non-hydrogen) atoms. The molecule has 12 aromatic heterocycles. The van der Waals surface area contributed by atoms with E-state index in [1.54, 1.807) is 24.8 Å². The Morgan fingerprint density at radius 1 is 0.183 bits per heavy atom. The highest BCUT2D eigenvalue weighted by Crippen LogP contribution is 2.47. The van der Waals surface area contributed by atoms with E-state index in [1.807, 2.05) is 134 Å². The summed E-state index contributed by atoms with van der Waals surface area (Å²) in [5.74, 6) is 0. The van der Waals surface area contributed by atoms with Crippen LogP contribution in [0.1, 0.15) is 11.1 Å². The van der Waals surface area contributed by atoms with Gasteiger partial charge in [0.1, 0.15) is 50.0 Å². The minimum Gasteiger partial charge on any atom is -0.455 e. The Morgan fingerprint density at radius 3 is 0.863 bits per heavy atom. The molecule has 0 saturated heterocycles. The van der Waals surface area contributed by atoms with Gasteiger partial charge in [-0.2, -0.15) is 0 Å². The molecule has 0 saturated carbocycles. The van der Waals surface area contributed by atoms with E-state index in [9.17, 15) is 0 Å². The van der Waals surface area contributed by atoms with Crippen LogP contribution in [0.15, 0.2) is 433 Å². The fourth-order valence-corrected chi connectivity index (χ4v) is 18.5. The summed E-state index contributed by atoms with van der Waals surface area (Å²) in [5, 5.41) is 12.5. The fourth-order valence-electron chi connectivity index (χ4n) is 18.5. The van der Waals surface area contributed by atoms with Crippen molar-refractivity contribution in [2.24, 2.45) is 0 Å². The second-order valence-electron chi connectivity index (χ2n) is 33.3. The molecule has 0 aliphatic heterocycles. The van der Waals surface area contributed by atoms with E-state index in [2.05, 4.69) is 290 Å². The van der Waals surface area contributed by atoms with Gasteiger partial charge in [0.05, 0.1) is 49.8 Å². The van der Waals surface area contributed by atoms with Crippen LogP contribution in [-0.4, -0.2) is 44.9 Å². The van der Waals surface area contributed by atoms with Gasteiger partial charge in [0.25, 0.3) is 0 Å². The van der Waals surface area contributed by atoms with Crippen LogP contribution in [0.4, 0.5) is 0 Å². The maximum absolute atomic E-state index is 6.61. The van der Waals surface area contributed by atoms with Crippen LogP contribution in [-0.2, 0) is 0 Å². The third kappa shape index (κ3) is 14.1. The van der Waals surface area contributed by atoms with E-state index in [4.69, 9.17) is 43.2 Å². The molecule has 0 aliphatic carbocycles. The number of rotatable bonds is 11. The average molecular weight is 1680 g/mol. The Morgan fingerprint density at radius 2 is 0.466 bits per heavy atom. The first kappa shape index (κ1) is 77.0. The number of pyridine rings is 9. The Labute approximate surface area is 751 Å². The minimum absolute atomic E-state index is 0.805. The van der Waals surface area contributed by atoms with Gasteiger partial charge in [0, 0.05) is 143 Å². The predicted molar refractivity (Wildman–Crippen MR) is 536 cm³/mol. The van der Waals surface area contributed by atoms with Crippen molar-refractivity contribution in [3.8, 4) is 123 Å². The van der Waals surface area contributed by atoms with E-state index >= 15 is 0 Å². The first-order valence-corrected chi connectivity index (χ1v) is 43.8. The highest BCUT2D eigenvalue weighted by molar-refractivity contribution is 6.27. The largest absolute Gasteiger partial charge is 0.455 e. The van der Waals surface area contributed by atoms with Crippen LogP contribution in [0.5, 0.6) is 0 Å². The number of aryl methyl sites for hydroxylation is 2. The summed E-state index contributed by atoms with van der Waals surface area (Å²) in [6, 6.07) is 127. The van der Waals surface area contributed by atoms with Gasteiger partial charge in [-0.15, -0.1) is 0 Å². The smallest absolute Gasteiger partial charge is 0.145 e. The predicted octanol–water partition coefficient (Wildman–Crippen LogP) is 31.2. The highest BCUT2D eigenvalue weighted by Gasteiger charge is 2.25. The zero-order valence-corrected chi connectivity index (χ0v) is 71.1. The molecule has 0 unspecified atom stereocenters. The van der Waals surface area contributed by atoms with Crippen molar-refractivity contribution < 1.29 is 13.3 Å². The molecule has 0 atom stereocenters. The molecule has 26 aromatic rings. The quantitative estimate of drug-likeness (QED) is 0.113. The van der Waals surface area contributed by atoms with Crippen molar-refractivity contribution in [1.82, 2.24) is 44.9 Å². The van der Waals surface area contributed by atoms with Crippen LogP contribution in [0, 0.1) is 13.8 Å². The van der Waals surface area contributed by atoms with Gasteiger partial charge in [-0.3, -0.25) is 29.9 Å². The van der Waals surface area contributed by atoms with Gasteiger partial charge in [0.2, 0.25) is 0 Å². The number of aromatic nitrogens is 9. The summed E-state index contributed by atoms with van der Waals surface area (Å²) < 4.78 is 19.6. The lowest BCUT2D eigenvalue weighted by Gasteiger charge is -2.15. The topological polar surface area (TPSA) is 155 Å². The van der Waals surface area contributed by atoms with E-state index in [1.165, 1.54) is 27.8 Å². The molecular formula is C119H75N9O3. The normalized spacial score (nSPS) is 11.6. The minimum atomic E-state index is 0.805. The number of hydrogen-bond donors (Lipinski definition) is 0. The summed E-state index contributed by atoms with van der Waals surface area (Å²) in [6.45, 7) is 4.24. The van der Waals surface area contributed by atoms with Crippen molar-refractivity contribution in [2.75, 3.05) is 0 Å². The Hall–Kier alpha value is -17.6.